The average molecular weight is 366 g/mol. The smallest absolute Gasteiger partial charge is 0.173 e. The molecule has 1 fully saturated rings. The summed E-state index contributed by atoms with van der Waals surface area (Å²) in [4.78, 5) is 6.50. The Bertz CT molecular complexity index is 846. The standard InChI is InChI=1S/C19H22N6O2/c1-26-17-4-2-15(3-5-17)14-25-19(21-22-23-25)18(16-6-8-20-9-7-16)24-10-12-27-13-11-24/h2-9,18H,10-14H2,1H3/t18-/m0/s1. The molecule has 0 N–H and O–H groups in total. The van der Waals surface area contributed by atoms with Gasteiger partial charge in [0.2, 0.25) is 0 Å². The molecule has 0 spiro atoms. The number of ether oxygens (including phenoxy) is 2. The number of benzene rings is 1. The third kappa shape index (κ3) is 3.96. The van der Waals surface area contributed by atoms with Crippen LogP contribution in [0, 0.1) is 0 Å². The predicted octanol–water partition coefficient (Wildman–Crippen LogP) is 1.55. The molecule has 0 unspecified atom stereocenters. The highest BCUT2D eigenvalue weighted by Crippen LogP contribution is 2.27. The number of morpholine rings is 1. The van der Waals surface area contributed by atoms with Gasteiger partial charge < -0.3 is 9.47 Å². The molecule has 27 heavy (non-hydrogen) atoms. The highest BCUT2D eigenvalue weighted by Gasteiger charge is 2.29. The Hall–Kier alpha value is -2.84. The Morgan fingerprint density at radius 3 is 2.52 bits per heavy atom. The van der Waals surface area contributed by atoms with E-state index < -0.39 is 0 Å². The predicted molar refractivity (Wildman–Crippen MR) is 98.4 cm³/mol. The van der Waals surface area contributed by atoms with Crippen LogP contribution in [-0.4, -0.2) is 63.5 Å². The summed E-state index contributed by atoms with van der Waals surface area (Å²) >= 11 is 0. The van der Waals surface area contributed by atoms with Gasteiger partial charge in [-0.15, -0.1) is 5.10 Å². The number of hydrogen-bond donors (Lipinski definition) is 0. The van der Waals surface area contributed by atoms with Crippen LogP contribution in [0.4, 0.5) is 0 Å². The van der Waals surface area contributed by atoms with Crippen molar-refractivity contribution in [3.8, 4) is 5.75 Å². The van der Waals surface area contributed by atoms with Crippen LogP contribution in [0.2, 0.25) is 0 Å². The van der Waals surface area contributed by atoms with Gasteiger partial charge in [0, 0.05) is 25.5 Å². The summed E-state index contributed by atoms with van der Waals surface area (Å²) in [5, 5.41) is 12.6. The van der Waals surface area contributed by atoms with Gasteiger partial charge in [-0.25, -0.2) is 4.68 Å². The molecule has 0 bridgehead atoms. The molecule has 1 atom stereocenters. The molecule has 0 radical (unpaired) electrons. The van der Waals surface area contributed by atoms with Crippen molar-refractivity contribution >= 4 is 0 Å². The van der Waals surface area contributed by atoms with Gasteiger partial charge in [-0.2, -0.15) is 0 Å². The van der Waals surface area contributed by atoms with E-state index in [9.17, 15) is 0 Å². The summed E-state index contributed by atoms with van der Waals surface area (Å²) in [6.07, 6.45) is 3.61. The minimum absolute atomic E-state index is 0.0369. The second-order valence-corrected chi connectivity index (χ2v) is 6.37. The number of nitrogens with zero attached hydrogens (tertiary/aromatic N) is 6. The molecule has 8 nitrogen and oxygen atoms in total. The second-order valence-electron chi connectivity index (χ2n) is 6.37. The number of rotatable bonds is 6. The summed E-state index contributed by atoms with van der Waals surface area (Å²) in [7, 11) is 1.66. The molecule has 1 aliphatic heterocycles. The maximum atomic E-state index is 5.53. The zero-order valence-corrected chi connectivity index (χ0v) is 15.2. The molecule has 3 aromatic rings. The van der Waals surface area contributed by atoms with Gasteiger partial charge in [-0.1, -0.05) is 12.1 Å². The van der Waals surface area contributed by atoms with Gasteiger partial charge in [-0.05, 0) is 45.8 Å². The first-order valence-corrected chi connectivity index (χ1v) is 8.96. The third-order valence-electron chi connectivity index (χ3n) is 4.73. The third-order valence-corrected chi connectivity index (χ3v) is 4.73. The molecule has 0 amide bonds. The summed E-state index contributed by atoms with van der Waals surface area (Å²) in [5.74, 6) is 1.65. The molecule has 2 aromatic heterocycles. The molecule has 8 heteroatoms. The zero-order valence-electron chi connectivity index (χ0n) is 15.2. The lowest BCUT2D eigenvalue weighted by Crippen LogP contribution is -2.40. The van der Waals surface area contributed by atoms with Crippen molar-refractivity contribution in [1.29, 1.82) is 0 Å². The molecule has 4 rings (SSSR count). The van der Waals surface area contributed by atoms with Gasteiger partial charge in [-0.3, -0.25) is 9.88 Å². The normalized spacial score (nSPS) is 16.2. The van der Waals surface area contributed by atoms with Crippen molar-refractivity contribution in [2.45, 2.75) is 12.6 Å². The molecule has 0 saturated carbocycles. The van der Waals surface area contributed by atoms with Crippen LogP contribution in [0.5, 0.6) is 5.75 Å². The number of hydrogen-bond acceptors (Lipinski definition) is 7. The molecule has 3 heterocycles. The lowest BCUT2D eigenvalue weighted by Gasteiger charge is -2.33. The highest BCUT2D eigenvalue weighted by atomic mass is 16.5. The van der Waals surface area contributed by atoms with Crippen LogP contribution < -0.4 is 4.74 Å². The largest absolute Gasteiger partial charge is 0.497 e. The van der Waals surface area contributed by atoms with Crippen LogP contribution in [0.25, 0.3) is 0 Å². The lowest BCUT2D eigenvalue weighted by molar-refractivity contribution is 0.0216. The Morgan fingerprint density at radius 2 is 1.81 bits per heavy atom. The van der Waals surface area contributed by atoms with E-state index in [0.29, 0.717) is 19.8 Å². The van der Waals surface area contributed by atoms with E-state index in [2.05, 4.69) is 25.4 Å². The van der Waals surface area contributed by atoms with Gasteiger partial charge >= 0.3 is 0 Å². The van der Waals surface area contributed by atoms with Crippen LogP contribution in [-0.2, 0) is 11.3 Å². The molecule has 1 aliphatic rings. The molecular weight excluding hydrogens is 344 g/mol. The van der Waals surface area contributed by atoms with Gasteiger partial charge in [0.05, 0.1) is 32.9 Å². The molecule has 140 valence electrons. The Morgan fingerprint density at radius 1 is 1.07 bits per heavy atom. The number of aromatic nitrogens is 5. The van der Waals surface area contributed by atoms with Crippen molar-refractivity contribution in [2.24, 2.45) is 0 Å². The first-order chi connectivity index (χ1) is 13.3. The monoisotopic (exact) mass is 366 g/mol. The van der Waals surface area contributed by atoms with Crippen molar-refractivity contribution in [3.63, 3.8) is 0 Å². The fraction of sp³-hybridized carbons (Fsp3) is 0.368. The fourth-order valence-electron chi connectivity index (χ4n) is 3.33. The fourth-order valence-corrected chi connectivity index (χ4v) is 3.33. The van der Waals surface area contributed by atoms with Crippen molar-refractivity contribution in [1.82, 2.24) is 30.1 Å². The maximum Gasteiger partial charge on any atom is 0.173 e. The van der Waals surface area contributed by atoms with Crippen molar-refractivity contribution < 1.29 is 9.47 Å². The SMILES string of the molecule is COc1ccc(Cn2nnnc2[C@H](c2ccncc2)N2CCOCC2)cc1. The maximum absolute atomic E-state index is 5.53. The van der Waals surface area contributed by atoms with Gasteiger partial charge in [0.1, 0.15) is 5.75 Å². The Labute approximate surface area is 157 Å². The van der Waals surface area contributed by atoms with E-state index >= 15 is 0 Å². The lowest BCUT2D eigenvalue weighted by atomic mass is 10.1. The first kappa shape index (κ1) is 17.6. The number of methoxy groups -OCH3 is 1. The van der Waals surface area contributed by atoms with E-state index in [-0.39, 0.29) is 6.04 Å². The van der Waals surface area contributed by atoms with Crippen LogP contribution in [0.3, 0.4) is 0 Å². The van der Waals surface area contributed by atoms with Crippen LogP contribution in [0.15, 0.2) is 48.8 Å². The van der Waals surface area contributed by atoms with Crippen molar-refractivity contribution in [3.05, 3.63) is 65.7 Å². The molecule has 0 aliphatic carbocycles. The summed E-state index contributed by atoms with van der Waals surface area (Å²) in [6.45, 7) is 3.69. The molecule has 1 aromatic carbocycles. The topological polar surface area (TPSA) is 78.2 Å². The summed E-state index contributed by atoms with van der Waals surface area (Å²) in [5.41, 5.74) is 2.23. The average Bonchev–Trinajstić information content (AvgIpc) is 3.18. The Kier molecular flexibility index (Phi) is 5.36. The molecular formula is C19H22N6O2. The van der Waals surface area contributed by atoms with Gasteiger partial charge in [0.25, 0.3) is 0 Å². The molecule has 1 saturated heterocycles. The van der Waals surface area contributed by atoms with E-state index in [1.807, 2.05) is 41.1 Å². The minimum atomic E-state index is -0.0369. The second kappa shape index (κ2) is 8.24. The first-order valence-electron chi connectivity index (χ1n) is 8.96. The van der Waals surface area contributed by atoms with Gasteiger partial charge in [0.15, 0.2) is 5.82 Å². The zero-order chi connectivity index (χ0) is 18.5. The van der Waals surface area contributed by atoms with Crippen LogP contribution in [0.1, 0.15) is 23.0 Å². The summed E-state index contributed by atoms with van der Waals surface area (Å²) in [6, 6.07) is 12.0. The quantitative estimate of drug-likeness (QED) is 0.655. The minimum Gasteiger partial charge on any atom is -0.497 e. The van der Waals surface area contributed by atoms with Crippen molar-refractivity contribution in [2.75, 3.05) is 33.4 Å². The number of tetrazole rings is 1. The highest BCUT2D eigenvalue weighted by molar-refractivity contribution is 5.28. The van der Waals surface area contributed by atoms with E-state index in [4.69, 9.17) is 9.47 Å². The Balaban J connectivity index is 1.65. The van der Waals surface area contributed by atoms with E-state index in [0.717, 1.165) is 35.8 Å². The van der Waals surface area contributed by atoms with E-state index in [1.54, 1.807) is 19.5 Å². The van der Waals surface area contributed by atoms with Crippen LogP contribution >= 0.6 is 0 Å². The number of pyridine rings is 1. The van der Waals surface area contributed by atoms with E-state index in [1.165, 1.54) is 0 Å². The summed E-state index contributed by atoms with van der Waals surface area (Å²) < 4.78 is 12.6.